The van der Waals surface area contributed by atoms with Crippen LogP contribution in [0.3, 0.4) is 0 Å². The van der Waals surface area contributed by atoms with Crippen LogP contribution in [0.25, 0.3) is 0 Å². The maximum atomic E-state index is 12.2. The van der Waals surface area contributed by atoms with Crippen molar-refractivity contribution in [3.05, 3.63) is 63.3 Å². The zero-order valence-corrected chi connectivity index (χ0v) is 13.9. The number of nitrogens with zero attached hydrogens (tertiary/aromatic N) is 2. The van der Waals surface area contributed by atoms with E-state index in [9.17, 15) is 9.90 Å². The van der Waals surface area contributed by atoms with Crippen molar-refractivity contribution in [2.24, 2.45) is 0 Å². The molecule has 0 aliphatic heterocycles. The summed E-state index contributed by atoms with van der Waals surface area (Å²) < 4.78 is 1.46. The van der Waals surface area contributed by atoms with E-state index in [2.05, 4.69) is 4.98 Å². The third-order valence-corrected chi connectivity index (χ3v) is 3.80. The monoisotopic (exact) mass is 300 g/mol. The molecule has 1 atom stereocenters. The normalized spacial score (nSPS) is 13.2. The van der Waals surface area contributed by atoms with E-state index in [-0.39, 0.29) is 17.5 Å². The Hall–Kier alpha value is -1.94. The molecule has 1 aromatic heterocycles. The fourth-order valence-electron chi connectivity index (χ4n) is 2.46. The summed E-state index contributed by atoms with van der Waals surface area (Å²) in [5.41, 5.74) is 3.49. The summed E-state index contributed by atoms with van der Waals surface area (Å²) in [4.78, 5) is 16.6. The van der Waals surface area contributed by atoms with Crippen molar-refractivity contribution >= 4 is 0 Å². The Morgan fingerprint density at radius 2 is 1.91 bits per heavy atom. The van der Waals surface area contributed by atoms with Crippen LogP contribution >= 0.6 is 0 Å². The number of aliphatic hydroxyl groups excluding tert-OH is 1. The molecular weight excluding hydrogens is 276 g/mol. The predicted octanol–water partition coefficient (Wildman–Crippen LogP) is 2.89. The highest BCUT2D eigenvalue weighted by Gasteiger charge is 2.17. The molecule has 2 rings (SSSR count). The van der Waals surface area contributed by atoms with E-state index in [1.54, 1.807) is 6.07 Å². The molecule has 2 aromatic rings. The van der Waals surface area contributed by atoms with E-state index in [0.29, 0.717) is 0 Å². The van der Waals surface area contributed by atoms with Gasteiger partial charge in [-0.1, -0.05) is 44.5 Å². The molecule has 0 amide bonds. The fourth-order valence-corrected chi connectivity index (χ4v) is 2.46. The number of aromatic nitrogens is 2. The van der Waals surface area contributed by atoms with Gasteiger partial charge < -0.3 is 5.11 Å². The summed E-state index contributed by atoms with van der Waals surface area (Å²) in [6.07, 6.45) is 0.802. The summed E-state index contributed by atoms with van der Waals surface area (Å²) in [6.45, 7) is 10.2. The zero-order chi connectivity index (χ0) is 16.5. The summed E-state index contributed by atoms with van der Waals surface area (Å²) in [5, 5.41) is 10.4. The Bertz CT molecular complexity index is 727. The van der Waals surface area contributed by atoms with Gasteiger partial charge in [0.05, 0.1) is 24.7 Å². The number of aliphatic hydroxyl groups is 1. The van der Waals surface area contributed by atoms with E-state index in [0.717, 1.165) is 22.4 Å². The smallest absolute Gasteiger partial charge is 0.253 e. The first-order valence-electron chi connectivity index (χ1n) is 7.50. The van der Waals surface area contributed by atoms with E-state index in [1.165, 1.54) is 10.9 Å². The van der Waals surface area contributed by atoms with E-state index in [4.69, 9.17) is 0 Å². The van der Waals surface area contributed by atoms with E-state index < -0.39 is 6.10 Å². The quantitative estimate of drug-likeness (QED) is 0.948. The molecule has 4 nitrogen and oxygen atoms in total. The molecule has 1 unspecified atom stereocenters. The van der Waals surface area contributed by atoms with E-state index >= 15 is 0 Å². The molecule has 0 spiro atoms. The second-order valence-electron chi connectivity index (χ2n) is 6.89. The van der Waals surface area contributed by atoms with Crippen LogP contribution in [-0.2, 0) is 12.0 Å². The third-order valence-electron chi connectivity index (χ3n) is 3.80. The standard InChI is InChI=1S/C18H24N2O2/c1-12-6-7-14(13(2)8-12)15(21)10-20-11-19-16(9-17(20)22)18(3,4)5/h6-9,11,15,21H,10H2,1-5H3. The van der Waals surface area contributed by atoms with Crippen molar-refractivity contribution in [1.82, 2.24) is 9.55 Å². The molecule has 1 heterocycles. The molecule has 0 aliphatic rings. The lowest BCUT2D eigenvalue weighted by molar-refractivity contribution is 0.154. The Morgan fingerprint density at radius 1 is 1.23 bits per heavy atom. The van der Waals surface area contributed by atoms with Gasteiger partial charge in [0, 0.05) is 11.5 Å². The number of hydrogen-bond acceptors (Lipinski definition) is 3. The van der Waals surface area contributed by atoms with Crippen LogP contribution in [0.15, 0.2) is 35.4 Å². The highest BCUT2D eigenvalue weighted by Crippen LogP contribution is 2.21. The average molecular weight is 300 g/mol. The van der Waals surface area contributed by atoms with Gasteiger partial charge in [0.1, 0.15) is 0 Å². The van der Waals surface area contributed by atoms with Gasteiger partial charge in [-0.2, -0.15) is 0 Å². The molecular formula is C18H24N2O2. The summed E-state index contributed by atoms with van der Waals surface area (Å²) in [7, 11) is 0. The first kappa shape index (κ1) is 16.4. The maximum absolute atomic E-state index is 12.2. The van der Waals surface area contributed by atoms with Crippen LogP contribution in [0.4, 0.5) is 0 Å². The molecule has 1 N–H and O–H groups in total. The second kappa shape index (κ2) is 6.05. The number of benzene rings is 1. The first-order chi connectivity index (χ1) is 10.2. The van der Waals surface area contributed by atoms with Gasteiger partial charge in [-0.25, -0.2) is 4.98 Å². The lowest BCUT2D eigenvalue weighted by Gasteiger charge is -2.19. The lowest BCUT2D eigenvalue weighted by Crippen LogP contribution is -2.27. The van der Waals surface area contributed by atoms with Gasteiger partial charge in [-0.15, -0.1) is 0 Å². The Kier molecular flexibility index (Phi) is 4.52. The average Bonchev–Trinajstić information content (AvgIpc) is 2.39. The number of rotatable bonds is 3. The molecule has 0 saturated carbocycles. The Morgan fingerprint density at radius 3 is 2.45 bits per heavy atom. The van der Waals surface area contributed by atoms with Gasteiger partial charge in [0.2, 0.25) is 0 Å². The molecule has 0 saturated heterocycles. The Labute approximate surface area is 131 Å². The highest BCUT2D eigenvalue weighted by molar-refractivity contribution is 5.31. The fraction of sp³-hybridized carbons (Fsp3) is 0.444. The summed E-state index contributed by atoms with van der Waals surface area (Å²) >= 11 is 0. The SMILES string of the molecule is Cc1ccc(C(O)Cn2cnc(C(C)(C)C)cc2=O)c(C)c1. The van der Waals surface area contributed by atoms with Crippen molar-refractivity contribution < 1.29 is 5.11 Å². The lowest BCUT2D eigenvalue weighted by atomic mass is 9.92. The number of hydrogen-bond donors (Lipinski definition) is 1. The van der Waals surface area contributed by atoms with Crippen LogP contribution in [0.2, 0.25) is 0 Å². The molecule has 4 heteroatoms. The van der Waals surface area contributed by atoms with Crippen LogP contribution < -0.4 is 5.56 Å². The minimum absolute atomic E-state index is 0.135. The van der Waals surface area contributed by atoms with E-state index in [1.807, 2.05) is 52.8 Å². The molecule has 0 aliphatic carbocycles. The maximum Gasteiger partial charge on any atom is 0.253 e. The summed E-state index contributed by atoms with van der Waals surface area (Å²) in [5.74, 6) is 0. The second-order valence-corrected chi connectivity index (χ2v) is 6.89. The predicted molar refractivity (Wildman–Crippen MR) is 88.1 cm³/mol. The minimum Gasteiger partial charge on any atom is -0.387 e. The third kappa shape index (κ3) is 3.63. The van der Waals surface area contributed by atoms with Gasteiger partial charge >= 0.3 is 0 Å². The minimum atomic E-state index is -0.722. The van der Waals surface area contributed by atoms with Gasteiger partial charge in [-0.3, -0.25) is 9.36 Å². The van der Waals surface area contributed by atoms with Crippen LogP contribution in [-0.4, -0.2) is 14.7 Å². The molecule has 22 heavy (non-hydrogen) atoms. The van der Waals surface area contributed by atoms with Gasteiger partial charge in [0.15, 0.2) is 0 Å². The van der Waals surface area contributed by atoms with Crippen molar-refractivity contribution in [2.75, 3.05) is 0 Å². The molecule has 118 valence electrons. The van der Waals surface area contributed by atoms with Crippen molar-refractivity contribution in [3.8, 4) is 0 Å². The van der Waals surface area contributed by atoms with Crippen molar-refractivity contribution in [2.45, 2.75) is 52.7 Å². The topological polar surface area (TPSA) is 55.1 Å². The van der Waals surface area contributed by atoms with Crippen LogP contribution in [0, 0.1) is 13.8 Å². The van der Waals surface area contributed by atoms with Crippen LogP contribution in [0.1, 0.15) is 49.3 Å². The first-order valence-corrected chi connectivity index (χ1v) is 7.50. The number of aryl methyl sites for hydroxylation is 2. The highest BCUT2D eigenvalue weighted by atomic mass is 16.3. The largest absolute Gasteiger partial charge is 0.387 e. The van der Waals surface area contributed by atoms with Crippen LogP contribution in [0.5, 0.6) is 0 Å². The van der Waals surface area contributed by atoms with Gasteiger partial charge in [0.25, 0.3) is 5.56 Å². The summed E-state index contributed by atoms with van der Waals surface area (Å²) in [6, 6.07) is 7.46. The molecule has 0 radical (unpaired) electrons. The van der Waals surface area contributed by atoms with Gasteiger partial charge in [-0.05, 0) is 25.0 Å². The van der Waals surface area contributed by atoms with Crippen molar-refractivity contribution in [1.29, 1.82) is 0 Å². The van der Waals surface area contributed by atoms with Crippen molar-refractivity contribution in [3.63, 3.8) is 0 Å². The molecule has 0 bridgehead atoms. The molecule has 0 fully saturated rings. The Balaban J connectivity index is 2.25. The molecule has 1 aromatic carbocycles. The zero-order valence-electron chi connectivity index (χ0n) is 13.9.